The van der Waals surface area contributed by atoms with E-state index in [-0.39, 0.29) is 0 Å². The second kappa shape index (κ2) is 4.95. The third-order valence-electron chi connectivity index (χ3n) is 1.97. The van der Waals surface area contributed by atoms with Crippen molar-refractivity contribution in [2.45, 2.75) is 0 Å². The molecule has 0 saturated carbocycles. The number of hydroxylamine groups is 4. The molecule has 86 valence electrons. The van der Waals surface area contributed by atoms with Crippen molar-refractivity contribution in [1.82, 2.24) is 10.5 Å². The molecule has 2 rings (SSSR count). The van der Waals surface area contributed by atoms with Gasteiger partial charge in [-0.05, 0) is 11.6 Å². The molecule has 0 spiro atoms. The van der Waals surface area contributed by atoms with Gasteiger partial charge < -0.3 is 0 Å². The number of benzene rings is 1. The van der Waals surface area contributed by atoms with E-state index in [0.717, 1.165) is 16.0 Å². The summed E-state index contributed by atoms with van der Waals surface area (Å²) in [5, 5.41) is 2.19. The minimum Gasteiger partial charge on any atom is -0.248 e. The van der Waals surface area contributed by atoms with Crippen molar-refractivity contribution in [3.8, 4) is 0 Å². The van der Waals surface area contributed by atoms with Crippen molar-refractivity contribution in [2.75, 3.05) is 14.2 Å². The van der Waals surface area contributed by atoms with E-state index in [1.165, 1.54) is 14.2 Å². The van der Waals surface area contributed by atoms with Crippen LogP contribution in [0.5, 0.6) is 0 Å². The van der Waals surface area contributed by atoms with Crippen LogP contribution in [0.25, 0.3) is 6.08 Å². The highest BCUT2D eigenvalue weighted by molar-refractivity contribution is 5.50. The summed E-state index contributed by atoms with van der Waals surface area (Å²) in [6.07, 6.45) is 1.79. The topological polar surface area (TPSA) is 43.4 Å². The van der Waals surface area contributed by atoms with E-state index in [4.69, 9.17) is 19.7 Å². The Bertz CT molecular complexity index is 354. The fourth-order valence-corrected chi connectivity index (χ4v) is 1.26. The minimum absolute atomic E-state index is 0.483. The van der Waals surface area contributed by atoms with Gasteiger partial charge in [-0.15, -0.1) is 0 Å². The van der Waals surface area contributed by atoms with Gasteiger partial charge in [0.25, 0.3) is 0 Å². The van der Waals surface area contributed by atoms with Crippen LogP contribution in [0.4, 0.5) is 0 Å². The Kier molecular flexibility index (Phi) is 3.37. The van der Waals surface area contributed by atoms with E-state index in [1.807, 2.05) is 30.3 Å². The molecule has 1 saturated heterocycles. The number of rotatable bonds is 3. The lowest BCUT2D eigenvalue weighted by molar-refractivity contribution is -0.534. The zero-order valence-corrected chi connectivity index (χ0v) is 8.99. The molecule has 0 aliphatic carbocycles. The van der Waals surface area contributed by atoms with Crippen LogP contribution in [0.2, 0.25) is 0 Å². The highest BCUT2D eigenvalue weighted by atomic mass is 17.4. The molecule has 0 radical (unpaired) electrons. The standard InChI is InChI=1S/C10H12N2O4/c1-13-11-10(12(14-2)16-15-11)8-9-6-4-3-5-7-9/h3-8H,1-2H3. The van der Waals surface area contributed by atoms with Gasteiger partial charge in [-0.25, -0.2) is 9.68 Å². The monoisotopic (exact) mass is 224 g/mol. The van der Waals surface area contributed by atoms with Crippen LogP contribution in [0, 0.1) is 0 Å². The summed E-state index contributed by atoms with van der Waals surface area (Å²) < 4.78 is 0. The third-order valence-corrected chi connectivity index (χ3v) is 1.97. The Labute approximate surface area is 92.9 Å². The average molecular weight is 224 g/mol. The maximum Gasteiger partial charge on any atom is 0.220 e. The molecule has 1 fully saturated rings. The summed E-state index contributed by atoms with van der Waals surface area (Å²) >= 11 is 0. The highest BCUT2D eigenvalue weighted by Crippen LogP contribution is 2.23. The Morgan fingerprint density at radius 2 is 1.56 bits per heavy atom. The van der Waals surface area contributed by atoms with Gasteiger partial charge in [-0.3, -0.25) is 0 Å². The molecule has 0 atom stereocenters. The van der Waals surface area contributed by atoms with E-state index in [2.05, 4.69) is 0 Å². The lowest BCUT2D eigenvalue weighted by Crippen LogP contribution is -2.20. The molecular formula is C10H12N2O4. The molecule has 1 aliphatic rings. The summed E-state index contributed by atoms with van der Waals surface area (Å²) in [6, 6.07) is 9.67. The van der Waals surface area contributed by atoms with Crippen LogP contribution < -0.4 is 0 Å². The van der Waals surface area contributed by atoms with Crippen LogP contribution in [0.3, 0.4) is 0 Å². The first kappa shape index (κ1) is 10.9. The zero-order chi connectivity index (χ0) is 11.4. The van der Waals surface area contributed by atoms with E-state index < -0.39 is 0 Å². The molecule has 0 aromatic heterocycles. The molecule has 1 aliphatic heterocycles. The van der Waals surface area contributed by atoms with Gasteiger partial charge in [0.05, 0.1) is 14.2 Å². The highest BCUT2D eigenvalue weighted by Gasteiger charge is 2.29. The molecule has 16 heavy (non-hydrogen) atoms. The molecule has 6 nitrogen and oxygen atoms in total. The summed E-state index contributed by atoms with van der Waals surface area (Å²) in [6.45, 7) is 0. The van der Waals surface area contributed by atoms with E-state index in [0.29, 0.717) is 5.82 Å². The first-order chi connectivity index (χ1) is 7.85. The first-order valence-corrected chi connectivity index (χ1v) is 4.65. The minimum atomic E-state index is 0.483. The predicted molar refractivity (Wildman–Crippen MR) is 54.3 cm³/mol. The van der Waals surface area contributed by atoms with E-state index in [9.17, 15) is 0 Å². The number of hydrogen-bond donors (Lipinski definition) is 0. The SMILES string of the molecule is CON1OON(OC)C1=Cc1ccccc1. The Morgan fingerprint density at radius 1 is 1.00 bits per heavy atom. The second-order valence-electron chi connectivity index (χ2n) is 2.94. The van der Waals surface area contributed by atoms with Crippen molar-refractivity contribution in [2.24, 2.45) is 0 Å². The Hall–Kier alpha value is -1.60. The van der Waals surface area contributed by atoms with Crippen molar-refractivity contribution in [1.29, 1.82) is 0 Å². The van der Waals surface area contributed by atoms with Crippen molar-refractivity contribution in [3.05, 3.63) is 41.7 Å². The number of nitrogens with zero attached hydrogens (tertiary/aromatic N) is 2. The van der Waals surface area contributed by atoms with Gasteiger partial charge in [0.15, 0.2) is 0 Å². The first-order valence-electron chi connectivity index (χ1n) is 4.65. The molecular weight excluding hydrogens is 212 g/mol. The fraction of sp³-hybridized carbons (Fsp3) is 0.200. The fourth-order valence-electron chi connectivity index (χ4n) is 1.26. The predicted octanol–water partition coefficient (Wildman–Crippen LogP) is 1.50. The third kappa shape index (κ3) is 2.15. The maximum absolute atomic E-state index is 4.92. The van der Waals surface area contributed by atoms with Gasteiger partial charge in [-0.2, -0.15) is 0 Å². The van der Waals surface area contributed by atoms with Gasteiger partial charge >= 0.3 is 0 Å². The van der Waals surface area contributed by atoms with Crippen molar-refractivity contribution >= 4 is 6.08 Å². The zero-order valence-electron chi connectivity index (χ0n) is 8.99. The van der Waals surface area contributed by atoms with Crippen LogP contribution in [0.15, 0.2) is 36.2 Å². The summed E-state index contributed by atoms with van der Waals surface area (Å²) in [4.78, 5) is 19.3. The molecule has 1 aromatic rings. The van der Waals surface area contributed by atoms with Crippen molar-refractivity contribution < 1.29 is 19.7 Å². The van der Waals surface area contributed by atoms with Crippen LogP contribution >= 0.6 is 0 Å². The molecule has 0 N–H and O–H groups in total. The van der Waals surface area contributed by atoms with E-state index in [1.54, 1.807) is 6.08 Å². The molecule has 6 heteroatoms. The van der Waals surface area contributed by atoms with Crippen LogP contribution in [-0.2, 0) is 19.7 Å². The molecule has 1 aromatic carbocycles. The normalized spacial score (nSPS) is 15.8. The maximum atomic E-state index is 4.92. The lowest BCUT2D eigenvalue weighted by Gasteiger charge is -2.12. The van der Waals surface area contributed by atoms with Crippen LogP contribution in [0.1, 0.15) is 5.56 Å². The lowest BCUT2D eigenvalue weighted by atomic mass is 10.2. The van der Waals surface area contributed by atoms with Gasteiger partial charge in [-0.1, -0.05) is 50.8 Å². The average Bonchev–Trinajstić information content (AvgIpc) is 2.72. The second-order valence-corrected chi connectivity index (χ2v) is 2.94. The largest absolute Gasteiger partial charge is 0.248 e. The Morgan fingerprint density at radius 3 is 2.06 bits per heavy atom. The quantitative estimate of drug-likeness (QED) is 0.725. The molecule has 1 heterocycles. The smallest absolute Gasteiger partial charge is 0.220 e. The Balaban J connectivity index is 2.25. The summed E-state index contributed by atoms with van der Waals surface area (Å²) in [5.74, 6) is 0.483. The molecule has 0 amide bonds. The summed E-state index contributed by atoms with van der Waals surface area (Å²) in [7, 11) is 2.92. The van der Waals surface area contributed by atoms with Gasteiger partial charge in [0.2, 0.25) is 5.82 Å². The van der Waals surface area contributed by atoms with Crippen molar-refractivity contribution in [3.63, 3.8) is 0 Å². The van der Waals surface area contributed by atoms with Gasteiger partial charge in [0, 0.05) is 0 Å². The van der Waals surface area contributed by atoms with E-state index >= 15 is 0 Å². The van der Waals surface area contributed by atoms with Crippen LogP contribution in [-0.4, -0.2) is 24.7 Å². The molecule has 0 unspecified atom stereocenters. The number of hydrogen-bond acceptors (Lipinski definition) is 6. The molecule has 0 bridgehead atoms. The van der Waals surface area contributed by atoms with Gasteiger partial charge in [0.1, 0.15) is 0 Å². The summed E-state index contributed by atoms with van der Waals surface area (Å²) in [5.41, 5.74) is 0.968.